The molecule has 116 valence electrons. The highest BCUT2D eigenvalue weighted by molar-refractivity contribution is 6.02. The molecule has 1 spiro atoms. The highest BCUT2D eigenvalue weighted by atomic mass is 16.8. The molecular formula is C16H17NO5. The molecule has 1 saturated heterocycles. The average Bonchev–Trinajstić information content (AvgIpc) is 3.03. The fourth-order valence-electron chi connectivity index (χ4n) is 4.08. The van der Waals surface area contributed by atoms with Crippen molar-refractivity contribution in [2.45, 2.75) is 30.5 Å². The topological polar surface area (TPSA) is 65.1 Å². The second kappa shape index (κ2) is 4.38. The molecule has 6 nitrogen and oxygen atoms in total. The molecule has 1 fully saturated rings. The molecule has 0 radical (unpaired) electrons. The Morgan fingerprint density at radius 1 is 1.32 bits per heavy atom. The predicted molar refractivity (Wildman–Crippen MR) is 75.6 cm³/mol. The van der Waals surface area contributed by atoms with Gasteiger partial charge in [0.15, 0.2) is 17.9 Å². The highest BCUT2D eigenvalue weighted by Gasteiger charge is 2.63. The zero-order chi connectivity index (χ0) is 15.5. The second-order valence-electron chi connectivity index (χ2n) is 5.94. The third-order valence-electron chi connectivity index (χ3n) is 5.05. The van der Waals surface area contributed by atoms with Gasteiger partial charge in [0.1, 0.15) is 5.54 Å². The van der Waals surface area contributed by atoms with Crippen molar-refractivity contribution in [3.05, 3.63) is 35.5 Å². The first-order valence-corrected chi connectivity index (χ1v) is 7.29. The van der Waals surface area contributed by atoms with Crippen LogP contribution in [0.1, 0.15) is 12.8 Å². The lowest BCUT2D eigenvalue weighted by molar-refractivity contribution is -0.260. The lowest BCUT2D eigenvalue weighted by Gasteiger charge is -2.51. The number of hydrogen-bond acceptors (Lipinski definition) is 5. The number of ketones is 1. The van der Waals surface area contributed by atoms with Gasteiger partial charge in [-0.05, 0) is 17.7 Å². The van der Waals surface area contributed by atoms with Crippen molar-refractivity contribution < 1.29 is 23.8 Å². The number of amides is 1. The largest absolute Gasteiger partial charge is 0.352 e. The van der Waals surface area contributed by atoms with Gasteiger partial charge in [-0.1, -0.05) is 6.08 Å². The zero-order valence-electron chi connectivity index (χ0n) is 12.5. The molecule has 3 atom stereocenters. The zero-order valence-corrected chi connectivity index (χ0v) is 12.5. The van der Waals surface area contributed by atoms with Crippen molar-refractivity contribution >= 4 is 11.7 Å². The van der Waals surface area contributed by atoms with Crippen molar-refractivity contribution in [1.29, 1.82) is 0 Å². The van der Waals surface area contributed by atoms with Gasteiger partial charge in [-0.25, -0.2) is 0 Å². The number of fused-ring (bicyclic) bond motifs is 1. The van der Waals surface area contributed by atoms with Crippen LogP contribution in [0.4, 0.5) is 0 Å². The lowest BCUT2D eigenvalue weighted by atomic mass is 9.70. The van der Waals surface area contributed by atoms with Crippen LogP contribution in [0.5, 0.6) is 0 Å². The van der Waals surface area contributed by atoms with Crippen molar-refractivity contribution in [3.8, 4) is 0 Å². The maximum atomic E-state index is 12.4. The summed E-state index contributed by atoms with van der Waals surface area (Å²) in [6, 6.07) is 0. The lowest BCUT2D eigenvalue weighted by Crippen LogP contribution is -2.62. The summed E-state index contributed by atoms with van der Waals surface area (Å²) in [4.78, 5) is 26.2. The Hall–Kier alpha value is -1.76. The monoisotopic (exact) mass is 303 g/mol. The van der Waals surface area contributed by atoms with E-state index in [1.807, 2.05) is 6.08 Å². The fraction of sp³-hybridized carbons (Fsp3) is 0.500. The maximum absolute atomic E-state index is 12.4. The normalized spacial score (nSPS) is 39.4. The van der Waals surface area contributed by atoms with Crippen LogP contribution in [0.3, 0.4) is 0 Å². The molecule has 0 aromatic heterocycles. The summed E-state index contributed by atoms with van der Waals surface area (Å²) < 4.78 is 16.9. The van der Waals surface area contributed by atoms with Gasteiger partial charge >= 0.3 is 0 Å². The number of ether oxygens (including phenoxy) is 3. The van der Waals surface area contributed by atoms with E-state index in [0.29, 0.717) is 13.0 Å². The van der Waals surface area contributed by atoms with Gasteiger partial charge in [-0.3, -0.25) is 9.59 Å². The molecule has 1 aliphatic carbocycles. The molecule has 6 heteroatoms. The van der Waals surface area contributed by atoms with Crippen LogP contribution >= 0.6 is 0 Å². The van der Waals surface area contributed by atoms with Crippen LogP contribution in [-0.4, -0.2) is 55.0 Å². The van der Waals surface area contributed by atoms with Crippen LogP contribution in [0, 0.1) is 0 Å². The molecular weight excluding hydrogens is 286 g/mol. The molecule has 0 bridgehead atoms. The van der Waals surface area contributed by atoms with Gasteiger partial charge in [0.2, 0.25) is 5.91 Å². The number of carbonyl (C=O) groups excluding carboxylic acids is 2. The van der Waals surface area contributed by atoms with E-state index in [2.05, 4.69) is 0 Å². The van der Waals surface area contributed by atoms with Gasteiger partial charge < -0.3 is 19.1 Å². The van der Waals surface area contributed by atoms with E-state index in [9.17, 15) is 9.59 Å². The van der Waals surface area contributed by atoms with Crippen molar-refractivity contribution in [2.75, 3.05) is 20.8 Å². The Labute approximate surface area is 128 Å². The Morgan fingerprint density at radius 2 is 2.14 bits per heavy atom. The van der Waals surface area contributed by atoms with E-state index in [1.54, 1.807) is 31.3 Å². The van der Waals surface area contributed by atoms with Crippen molar-refractivity contribution in [3.63, 3.8) is 0 Å². The molecule has 3 aliphatic heterocycles. The molecule has 22 heavy (non-hydrogen) atoms. The molecule has 0 N–H and O–H groups in total. The maximum Gasteiger partial charge on any atom is 0.247 e. The summed E-state index contributed by atoms with van der Waals surface area (Å²) in [5, 5.41) is 0. The van der Waals surface area contributed by atoms with E-state index >= 15 is 0 Å². The molecule has 3 heterocycles. The van der Waals surface area contributed by atoms with Crippen LogP contribution in [0.2, 0.25) is 0 Å². The Bertz CT molecular complexity index is 663. The molecule has 4 aliphatic rings. The van der Waals surface area contributed by atoms with Crippen LogP contribution in [0.25, 0.3) is 0 Å². The summed E-state index contributed by atoms with van der Waals surface area (Å²) in [6.07, 6.45) is 6.91. The standard InChI is InChI=1S/C16H17NO5/c1-20-14-8-12-15-9-11(18)4-3-10(15)7-13(19)17(15)6-5-16(12,21-2)22-14/h3-4,7-8,14H,5-6,9H2,1-2H3/t14-,15+,16+/m1/s1. The summed E-state index contributed by atoms with van der Waals surface area (Å²) in [6.45, 7) is 0.474. The highest BCUT2D eigenvalue weighted by Crippen LogP contribution is 2.55. The Balaban J connectivity index is 1.92. The minimum Gasteiger partial charge on any atom is -0.352 e. The summed E-state index contributed by atoms with van der Waals surface area (Å²) in [5.41, 5.74) is 0.838. The number of hydrogen-bond donors (Lipinski definition) is 0. The van der Waals surface area contributed by atoms with Crippen LogP contribution in [-0.2, 0) is 23.8 Å². The molecule has 1 amide bonds. The molecule has 0 aromatic carbocycles. The summed E-state index contributed by atoms with van der Waals surface area (Å²) >= 11 is 0. The number of piperidine rings is 1. The van der Waals surface area contributed by atoms with Gasteiger partial charge in [0.25, 0.3) is 0 Å². The smallest absolute Gasteiger partial charge is 0.247 e. The number of methoxy groups -OCH3 is 2. The van der Waals surface area contributed by atoms with E-state index in [0.717, 1.165) is 11.1 Å². The first-order valence-electron chi connectivity index (χ1n) is 7.29. The molecule has 0 unspecified atom stereocenters. The minimum absolute atomic E-state index is 0.00878. The SMILES string of the molecule is CO[C@H]1C=C2[C@](OC)(CCN3C(=O)C=C4C=CC(=O)C[C@]423)O1. The van der Waals surface area contributed by atoms with E-state index in [1.165, 1.54) is 6.08 Å². The summed E-state index contributed by atoms with van der Waals surface area (Å²) in [5.74, 6) is -1.02. The van der Waals surface area contributed by atoms with E-state index < -0.39 is 17.6 Å². The number of carbonyl (C=O) groups is 2. The first-order chi connectivity index (χ1) is 10.6. The molecule has 0 aromatic rings. The Kier molecular flexibility index (Phi) is 2.76. The number of nitrogens with zero attached hydrogens (tertiary/aromatic N) is 1. The third-order valence-corrected chi connectivity index (χ3v) is 5.05. The van der Waals surface area contributed by atoms with Gasteiger partial charge in [0.05, 0.1) is 0 Å². The number of rotatable bonds is 2. The molecule has 0 saturated carbocycles. The second-order valence-corrected chi connectivity index (χ2v) is 5.94. The first kappa shape index (κ1) is 13.9. The van der Waals surface area contributed by atoms with Gasteiger partial charge in [0, 0.05) is 45.3 Å². The Morgan fingerprint density at radius 3 is 2.86 bits per heavy atom. The van der Waals surface area contributed by atoms with E-state index in [4.69, 9.17) is 14.2 Å². The molecule has 4 rings (SSSR count). The number of allylic oxidation sites excluding steroid dienone is 1. The van der Waals surface area contributed by atoms with Crippen molar-refractivity contribution in [2.24, 2.45) is 0 Å². The van der Waals surface area contributed by atoms with Crippen LogP contribution < -0.4 is 0 Å². The summed E-state index contributed by atoms with van der Waals surface area (Å²) in [7, 11) is 3.14. The van der Waals surface area contributed by atoms with E-state index in [-0.39, 0.29) is 18.1 Å². The van der Waals surface area contributed by atoms with Gasteiger partial charge in [-0.2, -0.15) is 0 Å². The van der Waals surface area contributed by atoms with Crippen LogP contribution in [0.15, 0.2) is 35.5 Å². The quantitative estimate of drug-likeness (QED) is 0.703. The third kappa shape index (κ3) is 1.49. The fourth-order valence-corrected chi connectivity index (χ4v) is 4.08. The minimum atomic E-state index is -0.938. The van der Waals surface area contributed by atoms with Gasteiger partial charge in [-0.15, -0.1) is 0 Å². The average molecular weight is 303 g/mol. The predicted octanol–water partition coefficient (Wildman–Crippen LogP) is 0.698. The van der Waals surface area contributed by atoms with Crippen molar-refractivity contribution in [1.82, 2.24) is 4.90 Å².